The summed E-state index contributed by atoms with van der Waals surface area (Å²) >= 11 is 6.05. The smallest absolute Gasteiger partial charge is 0.137 e. The Morgan fingerprint density at radius 1 is 1.44 bits per heavy atom. The summed E-state index contributed by atoms with van der Waals surface area (Å²) in [6.45, 7) is 3.65. The van der Waals surface area contributed by atoms with Crippen LogP contribution in [-0.2, 0) is 11.2 Å². The lowest BCUT2D eigenvalue weighted by Gasteiger charge is -2.09. The van der Waals surface area contributed by atoms with Crippen molar-refractivity contribution in [2.24, 2.45) is 0 Å². The summed E-state index contributed by atoms with van der Waals surface area (Å²) in [5.41, 5.74) is 2.34. The van der Waals surface area contributed by atoms with Gasteiger partial charge in [0.25, 0.3) is 0 Å². The molecule has 0 N–H and O–H groups in total. The van der Waals surface area contributed by atoms with Crippen molar-refractivity contribution in [3.8, 4) is 5.75 Å². The van der Waals surface area contributed by atoms with E-state index in [0.717, 1.165) is 18.4 Å². The van der Waals surface area contributed by atoms with Crippen molar-refractivity contribution in [1.82, 2.24) is 0 Å². The number of ether oxygens (including phenoxy) is 1. The molecule has 1 aromatic carbocycles. The van der Waals surface area contributed by atoms with Crippen molar-refractivity contribution in [3.05, 3.63) is 28.3 Å². The van der Waals surface area contributed by atoms with E-state index in [4.69, 9.17) is 16.3 Å². The Labute approximate surface area is 102 Å². The number of methoxy groups -OCH3 is 1. The highest BCUT2D eigenvalue weighted by atomic mass is 35.5. The molecule has 0 heterocycles. The number of aryl methyl sites for hydroxylation is 2. The standard InChI is InChI=1S/C13H17ClO2/c1-9-7-13(16-3)12(14)8-11(9)6-4-5-10(2)15/h7-8H,4-6H2,1-3H3. The molecule has 0 bridgehead atoms. The van der Waals surface area contributed by atoms with E-state index >= 15 is 0 Å². The van der Waals surface area contributed by atoms with Crippen LogP contribution in [0.4, 0.5) is 0 Å². The molecule has 0 saturated carbocycles. The lowest BCUT2D eigenvalue weighted by atomic mass is 10.0. The zero-order valence-electron chi connectivity index (χ0n) is 9.97. The topological polar surface area (TPSA) is 26.3 Å². The average molecular weight is 241 g/mol. The molecule has 88 valence electrons. The van der Waals surface area contributed by atoms with Crippen molar-refractivity contribution in [1.29, 1.82) is 0 Å². The molecule has 0 aliphatic carbocycles. The molecule has 2 nitrogen and oxygen atoms in total. The first-order valence-corrected chi connectivity index (χ1v) is 5.75. The molecule has 0 aliphatic heterocycles. The van der Waals surface area contributed by atoms with Crippen LogP contribution in [0.15, 0.2) is 12.1 Å². The van der Waals surface area contributed by atoms with Crippen LogP contribution in [0.2, 0.25) is 5.02 Å². The highest BCUT2D eigenvalue weighted by molar-refractivity contribution is 6.32. The van der Waals surface area contributed by atoms with E-state index in [-0.39, 0.29) is 5.78 Å². The maximum absolute atomic E-state index is 10.8. The summed E-state index contributed by atoms with van der Waals surface area (Å²) in [6.07, 6.45) is 2.39. The van der Waals surface area contributed by atoms with Crippen LogP contribution in [0, 0.1) is 6.92 Å². The minimum Gasteiger partial charge on any atom is -0.495 e. The van der Waals surface area contributed by atoms with E-state index in [1.165, 1.54) is 5.56 Å². The number of benzene rings is 1. The Kier molecular flexibility index (Phi) is 4.81. The molecule has 0 amide bonds. The summed E-state index contributed by atoms with van der Waals surface area (Å²) in [7, 11) is 1.61. The van der Waals surface area contributed by atoms with E-state index in [2.05, 4.69) is 0 Å². The van der Waals surface area contributed by atoms with E-state index in [9.17, 15) is 4.79 Å². The number of rotatable bonds is 5. The maximum Gasteiger partial charge on any atom is 0.137 e. The third-order valence-corrected chi connectivity index (χ3v) is 2.88. The molecule has 0 saturated heterocycles. The van der Waals surface area contributed by atoms with Crippen LogP contribution in [0.25, 0.3) is 0 Å². The van der Waals surface area contributed by atoms with Crippen LogP contribution < -0.4 is 4.74 Å². The van der Waals surface area contributed by atoms with Gasteiger partial charge in [-0.25, -0.2) is 0 Å². The van der Waals surface area contributed by atoms with Crippen molar-refractivity contribution in [2.75, 3.05) is 7.11 Å². The van der Waals surface area contributed by atoms with Crippen LogP contribution in [0.3, 0.4) is 0 Å². The van der Waals surface area contributed by atoms with Crippen molar-refractivity contribution in [3.63, 3.8) is 0 Å². The number of hydrogen-bond acceptors (Lipinski definition) is 2. The Balaban J connectivity index is 2.73. The third kappa shape index (κ3) is 3.53. The fourth-order valence-corrected chi connectivity index (χ4v) is 1.91. The highest BCUT2D eigenvalue weighted by Crippen LogP contribution is 2.28. The number of Topliss-reactive ketones (excluding diaryl/α,β-unsaturated/α-hetero) is 1. The second kappa shape index (κ2) is 5.90. The van der Waals surface area contributed by atoms with E-state index in [1.807, 2.05) is 19.1 Å². The van der Waals surface area contributed by atoms with Gasteiger partial charge in [0.05, 0.1) is 12.1 Å². The molecule has 0 unspecified atom stereocenters. The van der Waals surface area contributed by atoms with Crippen molar-refractivity contribution < 1.29 is 9.53 Å². The Bertz CT molecular complexity index is 386. The number of carbonyl (C=O) groups excluding carboxylic acids is 1. The zero-order valence-corrected chi connectivity index (χ0v) is 10.7. The molecule has 1 rings (SSSR count). The van der Waals surface area contributed by atoms with Gasteiger partial charge in [-0.05, 0) is 49.9 Å². The summed E-state index contributed by atoms with van der Waals surface area (Å²) in [5, 5.41) is 0.630. The van der Waals surface area contributed by atoms with Crippen LogP contribution >= 0.6 is 11.6 Å². The highest BCUT2D eigenvalue weighted by Gasteiger charge is 2.06. The van der Waals surface area contributed by atoms with Gasteiger partial charge in [0.2, 0.25) is 0 Å². The van der Waals surface area contributed by atoms with Crippen molar-refractivity contribution in [2.45, 2.75) is 33.1 Å². The molecule has 0 fully saturated rings. The Morgan fingerprint density at radius 3 is 2.69 bits per heavy atom. The Morgan fingerprint density at radius 2 is 2.12 bits per heavy atom. The molecule has 0 spiro atoms. The quantitative estimate of drug-likeness (QED) is 0.787. The lowest BCUT2D eigenvalue weighted by Crippen LogP contribution is -1.96. The Hall–Kier alpha value is -1.02. The number of ketones is 1. The van der Waals surface area contributed by atoms with E-state index in [0.29, 0.717) is 17.2 Å². The summed E-state index contributed by atoms with van der Waals surface area (Å²) in [6, 6.07) is 3.86. The normalized spacial score (nSPS) is 10.2. The maximum atomic E-state index is 10.8. The molecular formula is C13H17ClO2. The minimum absolute atomic E-state index is 0.234. The van der Waals surface area contributed by atoms with Gasteiger partial charge < -0.3 is 9.53 Å². The lowest BCUT2D eigenvalue weighted by molar-refractivity contribution is -0.117. The zero-order chi connectivity index (χ0) is 12.1. The fraction of sp³-hybridized carbons (Fsp3) is 0.462. The van der Waals surface area contributed by atoms with Gasteiger partial charge in [-0.3, -0.25) is 0 Å². The average Bonchev–Trinajstić information content (AvgIpc) is 2.22. The third-order valence-electron chi connectivity index (χ3n) is 2.59. The van der Waals surface area contributed by atoms with Crippen LogP contribution in [-0.4, -0.2) is 12.9 Å². The van der Waals surface area contributed by atoms with Crippen LogP contribution in [0.1, 0.15) is 30.9 Å². The number of carbonyl (C=O) groups is 1. The fourth-order valence-electron chi connectivity index (χ4n) is 1.65. The summed E-state index contributed by atoms with van der Waals surface area (Å²) in [4.78, 5) is 10.8. The number of hydrogen-bond donors (Lipinski definition) is 0. The second-order valence-corrected chi connectivity index (χ2v) is 4.38. The molecular weight excluding hydrogens is 224 g/mol. The SMILES string of the molecule is COc1cc(C)c(CCCC(C)=O)cc1Cl. The van der Waals surface area contributed by atoms with E-state index < -0.39 is 0 Å². The summed E-state index contributed by atoms with van der Waals surface area (Å²) < 4.78 is 5.14. The molecule has 0 atom stereocenters. The predicted molar refractivity (Wildman–Crippen MR) is 66.4 cm³/mol. The van der Waals surface area contributed by atoms with Gasteiger partial charge >= 0.3 is 0 Å². The van der Waals surface area contributed by atoms with Gasteiger partial charge in [-0.2, -0.15) is 0 Å². The molecule has 3 heteroatoms. The van der Waals surface area contributed by atoms with Crippen molar-refractivity contribution >= 4 is 17.4 Å². The largest absolute Gasteiger partial charge is 0.495 e. The predicted octanol–water partition coefficient (Wildman–Crippen LogP) is 3.57. The first-order valence-electron chi connectivity index (χ1n) is 5.37. The van der Waals surface area contributed by atoms with Gasteiger partial charge in [-0.15, -0.1) is 0 Å². The van der Waals surface area contributed by atoms with Gasteiger partial charge in [0.1, 0.15) is 11.5 Å². The molecule has 0 radical (unpaired) electrons. The number of halogens is 1. The molecule has 1 aromatic rings. The van der Waals surface area contributed by atoms with Gasteiger partial charge in [-0.1, -0.05) is 11.6 Å². The monoisotopic (exact) mass is 240 g/mol. The first-order chi connectivity index (χ1) is 7.54. The van der Waals surface area contributed by atoms with Crippen LogP contribution in [0.5, 0.6) is 5.75 Å². The van der Waals surface area contributed by atoms with E-state index in [1.54, 1.807) is 14.0 Å². The summed E-state index contributed by atoms with van der Waals surface area (Å²) in [5.74, 6) is 0.937. The first kappa shape index (κ1) is 13.0. The molecule has 0 aromatic heterocycles. The molecule has 16 heavy (non-hydrogen) atoms. The minimum atomic E-state index is 0.234. The van der Waals surface area contributed by atoms with Gasteiger partial charge in [0, 0.05) is 6.42 Å². The molecule has 0 aliphatic rings. The van der Waals surface area contributed by atoms with Gasteiger partial charge in [0.15, 0.2) is 0 Å². The second-order valence-electron chi connectivity index (χ2n) is 3.97.